The molecule has 0 aliphatic rings. The number of rotatable bonds is 6. The molecular weight excluding hydrogens is 439 g/mol. The second kappa shape index (κ2) is 8.09. The van der Waals surface area contributed by atoms with Crippen LogP contribution in [0.25, 0.3) is 0 Å². The number of carbonyl (C=O) groups excluding carboxylic acids is 1. The lowest BCUT2D eigenvalue weighted by atomic mass is 10.2. The highest BCUT2D eigenvalue weighted by Gasteiger charge is 2.16. The summed E-state index contributed by atoms with van der Waals surface area (Å²) in [4.78, 5) is 12.1. The fraction of sp³-hybridized carbons (Fsp3) is 0.235. The molecule has 0 spiro atoms. The highest BCUT2D eigenvalue weighted by Crippen LogP contribution is 2.16. The number of hydrogen-bond acceptors (Lipinski definition) is 3. The molecule has 7 heteroatoms. The van der Waals surface area contributed by atoms with Gasteiger partial charge in [0.15, 0.2) is 0 Å². The van der Waals surface area contributed by atoms with Crippen molar-refractivity contribution in [1.82, 2.24) is 4.72 Å². The Balaban J connectivity index is 1.90. The van der Waals surface area contributed by atoms with Gasteiger partial charge in [-0.25, -0.2) is 13.1 Å². The van der Waals surface area contributed by atoms with Gasteiger partial charge in [0.1, 0.15) is 0 Å². The van der Waals surface area contributed by atoms with E-state index in [1.165, 1.54) is 0 Å². The standard InChI is InChI=1S/C17H19IN2O3S/c1-12-3-8-16(13(2)11-12)24(22,23)19-10-9-17(21)20-15-6-4-14(18)5-7-15/h3-8,11,19H,9-10H2,1-2H3,(H,20,21). The number of amides is 1. The van der Waals surface area contributed by atoms with Crippen LogP contribution in [-0.2, 0) is 14.8 Å². The van der Waals surface area contributed by atoms with Crippen molar-refractivity contribution in [1.29, 1.82) is 0 Å². The Kier molecular flexibility index (Phi) is 6.36. The van der Waals surface area contributed by atoms with E-state index in [4.69, 9.17) is 0 Å². The van der Waals surface area contributed by atoms with Gasteiger partial charge in [0.2, 0.25) is 15.9 Å². The van der Waals surface area contributed by atoms with E-state index >= 15 is 0 Å². The van der Waals surface area contributed by atoms with E-state index in [9.17, 15) is 13.2 Å². The third-order valence-corrected chi connectivity index (χ3v) is 5.73. The SMILES string of the molecule is Cc1ccc(S(=O)(=O)NCCC(=O)Nc2ccc(I)cc2)c(C)c1. The molecule has 0 bridgehead atoms. The molecule has 0 heterocycles. The molecule has 2 aromatic carbocycles. The monoisotopic (exact) mass is 458 g/mol. The van der Waals surface area contributed by atoms with Crippen molar-refractivity contribution >= 4 is 44.2 Å². The molecule has 24 heavy (non-hydrogen) atoms. The van der Waals surface area contributed by atoms with Gasteiger partial charge in [0.25, 0.3) is 0 Å². The maximum atomic E-state index is 12.3. The predicted molar refractivity (Wildman–Crippen MR) is 104 cm³/mol. The third-order valence-electron chi connectivity index (χ3n) is 3.39. The van der Waals surface area contributed by atoms with E-state index in [0.717, 1.165) is 9.13 Å². The molecule has 0 saturated carbocycles. The maximum Gasteiger partial charge on any atom is 0.240 e. The molecule has 0 fully saturated rings. The van der Waals surface area contributed by atoms with Gasteiger partial charge in [0.05, 0.1) is 4.90 Å². The first-order valence-electron chi connectivity index (χ1n) is 7.40. The zero-order chi connectivity index (χ0) is 17.7. The van der Waals surface area contributed by atoms with Crippen LogP contribution < -0.4 is 10.0 Å². The lowest BCUT2D eigenvalue weighted by Crippen LogP contribution is -2.28. The van der Waals surface area contributed by atoms with E-state index in [2.05, 4.69) is 32.6 Å². The Morgan fingerprint density at radius 2 is 1.75 bits per heavy atom. The fourth-order valence-electron chi connectivity index (χ4n) is 2.23. The first kappa shape index (κ1) is 18.9. The topological polar surface area (TPSA) is 75.3 Å². The van der Waals surface area contributed by atoms with E-state index < -0.39 is 10.0 Å². The Hall–Kier alpha value is -1.45. The van der Waals surface area contributed by atoms with Gasteiger partial charge in [-0.1, -0.05) is 17.7 Å². The third kappa shape index (κ3) is 5.29. The summed E-state index contributed by atoms with van der Waals surface area (Å²) in [7, 11) is -3.61. The van der Waals surface area contributed by atoms with Crippen LogP contribution in [-0.4, -0.2) is 20.9 Å². The number of carbonyl (C=O) groups is 1. The largest absolute Gasteiger partial charge is 0.326 e. The first-order valence-corrected chi connectivity index (χ1v) is 9.96. The van der Waals surface area contributed by atoms with Crippen LogP contribution in [0.15, 0.2) is 47.4 Å². The molecule has 0 atom stereocenters. The van der Waals surface area contributed by atoms with Gasteiger partial charge in [-0.05, 0) is 72.3 Å². The average molecular weight is 458 g/mol. The van der Waals surface area contributed by atoms with Gasteiger partial charge in [-0.15, -0.1) is 0 Å². The van der Waals surface area contributed by atoms with Crippen molar-refractivity contribution in [2.24, 2.45) is 0 Å². The molecule has 5 nitrogen and oxygen atoms in total. The number of halogens is 1. The highest BCUT2D eigenvalue weighted by atomic mass is 127. The molecule has 0 aromatic heterocycles. The van der Waals surface area contributed by atoms with Crippen molar-refractivity contribution < 1.29 is 13.2 Å². The molecule has 2 aromatic rings. The summed E-state index contributed by atoms with van der Waals surface area (Å²) in [6, 6.07) is 12.5. The van der Waals surface area contributed by atoms with Crippen LogP contribution in [0, 0.1) is 17.4 Å². The summed E-state index contributed by atoms with van der Waals surface area (Å²) < 4.78 is 28.1. The van der Waals surface area contributed by atoms with Gasteiger partial charge in [-0.2, -0.15) is 0 Å². The van der Waals surface area contributed by atoms with E-state index in [-0.39, 0.29) is 23.8 Å². The minimum absolute atomic E-state index is 0.0475. The number of aryl methyl sites for hydroxylation is 2. The predicted octanol–water partition coefficient (Wildman–Crippen LogP) is 3.22. The second-order valence-electron chi connectivity index (χ2n) is 5.47. The Labute approximate surface area is 156 Å². The zero-order valence-corrected chi connectivity index (χ0v) is 16.4. The first-order chi connectivity index (χ1) is 11.3. The van der Waals surface area contributed by atoms with E-state index in [0.29, 0.717) is 11.3 Å². The van der Waals surface area contributed by atoms with Crippen molar-refractivity contribution in [3.05, 3.63) is 57.2 Å². The van der Waals surface area contributed by atoms with Crippen LogP contribution >= 0.6 is 22.6 Å². The summed E-state index contributed by atoms with van der Waals surface area (Å²) >= 11 is 2.18. The molecule has 0 unspecified atom stereocenters. The number of benzene rings is 2. The molecular formula is C17H19IN2O3S. The Bertz CT molecular complexity index is 833. The summed E-state index contributed by atoms with van der Waals surface area (Å²) in [5.74, 6) is -0.237. The van der Waals surface area contributed by atoms with Crippen LogP contribution in [0.3, 0.4) is 0 Å². The van der Waals surface area contributed by atoms with Crippen LogP contribution in [0.5, 0.6) is 0 Å². The van der Waals surface area contributed by atoms with Crippen molar-refractivity contribution in [3.63, 3.8) is 0 Å². The fourth-order valence-corrected chi connectivity index (χ4v) is 3.85. The summed E-state index contributed by atoms with van der Waals surface area (Å²) in [6.07, 6.45) is 0.0656. The summed E-state index contributed by atoms with van der Waals surface area (Å²) in [5, 5.41) is 2.74. The quantitative estimate of drug-likeness (QED) is 0.653. The smallest absolute Gasteiger partial charge is 0.240 e. The minimum atomic E-state index is -3.61. The summed E-state index contributed by atoms with van der Waals surface area (Å²) in [5.41, 5.74) is 2.38. The van der Waals surface area contributed by atoms with Crippen LogP contribution in [0.4, 0.5) is 5.69 Å². The molecule has 0 radical (unpaired) electrons. The molecule has 0 saturated heterocycles. The molecule has 2 rings (SSSR count). The minimum Gasteiger partial charge on any atom is -0.326 e. The van der Waals surface area contributed by atoms with Gasteiger partial charge >= 0.3 is 0 Å². The number of hydrogen-bond donors (Lipinski definition) is 2. The van der Waals surface area contributed by atoms with E-state index in [1.807, 2.05) is 25.1 Å². The lowest BCUT2D eigenvalue weighted by molar-refractivity contribution is -0.116. The number of nitrogens with one attached hydrogen (secondary N) is 2. The molecule has 1 amide bonds. The van der Waals surface area contributed by atoms with Crippen molar-refractivity contribution in [2.45, 2.75) is 25.2 Å². The second-order valence-corrected chi connectivity index (χ2v) is 8.45. The molecule has 128 valence electrons. The molecule has 0 aliphatic heterocycles. The molecule has 0 aliphatic carbocycles. The molecule has 2 N–H and O–H groups in total. The zero-order valence-electron chi connectivity index (χ0n) is 13.5. The van der Waals surface area contributed by atoms with Crippen molar-refractivity contribution in [2.75, 3.05) is 11.9 Å². The number of sulfonamides is 1. The Morgan fingerprint density at radius 3 is 2.38 bits per heavy atom. The number of anilines is 1. The average Bonchev–Trinajstić information content (AvgIpc) is 2.49. The van der Waals surface area contributed by atoms with E-state index in [1.54, 1.807) is 31.2 Å². The van der Waals surface area contributed by atoms with Crippen LogP contribution in [0.2, 0.25) is 0 Å². The highest BCUT2D eigenvalue weighted by molar-refractivity contribution is 14.1. The summed E-state index contributed by atoms with van der Waals surface area (Å²) in [6.45, 7) is 3.71. The van der Waals surface area contributed by atoms with Crippen molar-refractivity contribution in [3.8, 4) is 0 Å². The maximum absolute atomic E-state index is 12.3. The van der Waals surface area contributed by atoms with Gasteiger partial charge in [-0.3, -0.25) is 4.79 Å². The lowest BCUT2D eigenvalue weighted by Gasteiger charge is -2.10. The Morgan fingerprint density at radius 1 is 1.08 bits per heavy atom. The normalized spacial score (nSPS) is 11.3. The van der Waals surface area contributed by atoms with Crippen LogP contribution in [0.1, 0.15) is 17.5 Å². The van der Waals surface area contributed by atoms with Gasteiger partial charge in [0, 0.05) is 22.2 Å². The van der Waals surface area contributed by atoms with Gasteiger partial charge < -0.3 is 5.32 Å².